The molecule has 0 aliphatic rings. The van der Waals surface area contributed by atoms with Crippen molar-refractivity contribution in [1.29, 1.82) is 0 Å². The summed E-state index contributed by atoms with van der Waals surface area (Å²) in [6.45, 7) is 8.66. The molecule has 0 unspecified atom stereocenters. The Kier molecular flexibility index (Phi) is 8.60. The van der Waals surface area contributed by atoms with Crippen LogP contribution in [0.25, 0.3) is 0 Å². The average Bonchev–Trinajstić information content (AvgIpc) is 2.36. The van der Waals surface area contributed by atoms with Crippen LogP contribution in [0.3, 0.4) is 0 Å². The van der Waals surface area contributed by atoms with Gasteiger partial charge in [-0.3, -0.25) is 0 Å². The molecule has 0 bridgehead atoms. The largest absolute Gasteiger partial charge is 0.312 e. The van der Waals surface area contributed by atoms with Crippen LogP contribution in [-0.2, 0) is 6.54 Å². The minimum Gasteiger partial charge on any atom is -0.312 e. The van der Waals surface area contributed by atoms with E-state index in [9.17, 15) is 0 Å². The molecule has 0 saturated heterocycles. The summed E-state index contributed by atoms with van der Waals surface area (Å²) in [6, 6.07) is 6.25. The first-order chi connectivity index (χ1) is 9.13. The summed E-state index contributed by atoms with van der Waals surface area (Å²) in [4.78, 5) is 1.37. The van der Waals surface area contributed by atoms with Crippen LogP contribution in [0.1, 0.15) is 45.6 Å². The van der Waals surface area contributed by atoms with Crippen LogP contribution >= 0.6 is 23.4 Å². The topological polar surface area (TPSA) is 12.0 Å². The molecule has 0 amide bonds. The molecule has 0 aromatic heterocycles. The van der Waals surface area contributed by atoms with Gasteiger partial charge < -0.3 is 5.32 Å². The lowest BCUT2D eigenvalue weighted by molar-refractivity contribution is 0.550. The molecule has 1 rings (SSSR count). The molecular formula is C16H26ClNS. The van der Waals surface area contributed by atoms with Crippen molar-refractivity contribution >= 4 is 23.4 Å². The van der Waals surface area contributed by atoms with Crippen molar-refractivity contribution < 1.29 is 0 Å². The predicted octanol–water partition coefficient (Wildman–Crippen LogP) is 5.37. The highest BCUT2D eigenvalue weighted by atomic mass is 35.5. The van der Waals surface area contributed by atoms with Crippen LogP contribution in [-0.4, -0.2) is 12.3 Å². The molecule has 1 N–H and O–H groups in total. The Morgan fingerprint density at radius 2 is 2.05 bits per heavy atom. The Labute approximate surface area is 127 Å². The molecule has 0 spiro atoms. The summed E-state index contributed by atoms with van der Waals surface area (Å²) in [5.41, 5.74) is 1.33. The highest BCUT2D eigenvalue weighted by Crippen LogP contribution is 2.26. The van der Waals surface area contributed by atoms with Crippen LogP contribution in [0.2, 0.25) is 5.02 Å². The Morgan fingerprint density at radius 3 is 2.74 bits per heavy atom. The third kappa shape index (κ3) is 7.24. The van der Waals surface area contributed by atoms with Crippen LogP contribution in [0.4, 0.5) is 0 Å². The van der Waals surface area contributed by atoms with E-state index in [1.165, 1.54) is 35.5 Å². The zero-order valence-corrected chi connectivity index (χ0v) is 13.9. The molecule has 0 fully saturated rings. The summed E-state index contributed by atoms with van der Waals surface area (Å²) in [7, 11) is 0. The van der Waals surface area contributed by atoms with Crippen molar-refractivity contribution in [2.45, 2.75) is 51.5 Å². The number of thioether (sulfide) groups is 1. The summed E-state index contributed by atoms with van der Waals surface area (Å²) < 4.78 is 0. The molecule has 0 heterocycles. The maximum Gasteiger partial charge on any atom is 0.0410 e. The number of halogens is 1. The highest BCUT2D eigenvalue weighted by Gasteiger charge is 2.04. The van der Waals surface area contributed by atoms with E-state index in [1.807, 2.05) is 17.8 Å². The van der Waals surface area contributed by atoms with Crippen molar-refractivity contribution in [2.24, 2.45) is 5.92 Å². The molecule has 0 radical (unpaired) electrons. The molecule has 0 atom stereocenters. The van der Waals surface area contributed by atoms with Gasteiger partial charge in [0.25, 0.3) is 0 Å². The van der Waals surface area contributed by atoms with Crippen LogP contribution in [0.15, 0.2) is 23.1 Å². The van der Waals surface area contributed by atoms with Crippen molar-refractivity contribution in [3.8, 4) is 0 Å². The summed E-state index contributed by atoms with van der Waals surface area (Å²) >= 11 is 8.06. The first-order valence-electron chi connectivity index (χ1n) is 7.25. The van der Waals surface area contributed by atoms with Gasteiger partial charge in [0.05, 0.1) is 0 Å². The Morgan fingerprint density at radius 1 is 1.26 bits per heavy atom. The minimum atomic E-state index is 0.680. The smallest absolute Gasteiger partial charge is 0.0410 e. The number of nitrogens with one attached hydrogen (secondary N) is 1. The molecule has 108 valence electrons. The first kappa shape index (κ1) is 16.9. The molecule has 19 heavy (non-hydrogen) atoms. The van der Waals surface area contributed by atoms with Gasteiger partial charge >= 0.3 is 0 Å². The maximum absolute atomic E-state index is 6.11. The Hall–Kier alpha value is -0.180. The van der Waals surface area contributed by atoms with Crippen LogP contribution in [0, 0.1) is 5.92 Å². The van der Waals surface area contributed by atoms with Crippen molar-refractivity contribution in [3.63, 3.8) is 0 Å². The van der Waals surface area contributed by atoms with Crippen LogP contribution < -0.4 is 5.32 Å². The normalized spacial score (nSPS) is 11.2. The Balaban J connectivity index is 2.53. The minimum absolute atomic E-state index is 0.680. The predicted molar refractivity (Wildman–Crippen MR) is 88.2 cm³/mol. The summed E-state index contributed by atoms with van der Waals surface area (Å²) in [6.07, 6.45) is 3.90. The molecule has 0 saturated carbocycles. The van der Waals surface area contributed by atoms with E-state index in [-0.39, 0.29) is 0 Å². The van der Waals surface area contributed by atoms with Gasteiger partial charge in [0.2, 0.25) is 0 Å². The second-order valence-corrected chi connectivity index (χ2v) is 6.91. The average molecular weight is 300 g/mol. The number of rotatable bonds is 9. The molecule has 0 aliphatic heterocycles. The quantitative estimate of drug-likeness (QED) is 0.486. The lowest BCUT2D eigenvalue weighted by Crippen LogP contribution is -2.19. The zero-order valence-electron chi connectivity index (χ0n) is 12.3. The highest BCUT2D eigenvalue weighted by molar-refractivity contribution is 7.99. The van der Waals surface area contributed by atoms with Crippen molar-refractivity contribution in [1.82, 2.24) is 5.32 Å². The van der Waals surface area contributed by atoms with E-state index in [0.717, 1.165) is 18.1 Å². The molecule has 1 aromatic carbocycles. The standard InChI is InChI=1S/C16H26ClNS/c1-4-5-6-9-19-16-8-7-15(17)10-14(16)12-18-11-13(2)3/h7-8,10,13,18H,4-6,9,11-12H2,1-3H3. The van der Waals surface area contributed by atoms with Gasteiger partial charge in [0.1, 0.15) is 0 Å². The molecule has 3 heteroatoms. The van der Waals surface area contributed by atoms with Crippen molar-refractivity contribution in [3.05, 3.63) is 28.8 Å². The second-order valence-electron chi connectivity index (χ2n) is 5.33. The summed E-state index contributed by atoms with van der Waals surface area (Å²) in [5.74, 6) is 1.88. The fraction of sp³-hybridized carbons (Fsp3) is 0.625. The van der Waals surface area contributed by atoms with Gasteiger partial charge in [-0.2, -0.15) is 0 Å². The third-order valence-corrected chi connectivity index (χ3v) is 4.33. The second kappa shape index (κ2) is 9.68. The third-order valence-electron chi connectivity index (χ3n) is 2.90. The molecule has 1 nitrogen and oxygen atoms in total. The molecule has 0 aliphatic carbocycles. The summed E-state index contributed by atoms with van der Waals surface area (Å²) in [5, 5.41) is 4.33. The van der Waals surface area contributed by atoms with Gasteiger partial charge in [-0.25, -0.2) is 0 Å². The van der Waals surface area contributed by atoms with E-state index in [1.54, 1.807) is 0 Å². The van der Waals surface area contributed by atoms with E-state index in [4.69, 9.17) is 11.6 Å². The first-order valence-corrected chi connectivity index (χ1v) is 8.61. The van der Waals surface area contributed by atoms with Gasteiger partial charge in [-0.05, 0) is 48.4 Å². The number of benzene rings is 1. The molecule has 1 aromatic rings. The van der Waals surface area contributed by atoms with E-state index in [0.29, 0.717) is 5.92 Å². The lowest BCUT2D eigenvalue weighted by atomic mass is 10.2. The maximum atomic E-state index is 6.11. The molecular weight excluding hydrogens is 274 g/mol. The fourth-order valence-electron chi connectivity index (χ4n) is 1.86. The van der Waals surface area contributed by atoms with Crippen molar-refractivity contribution in [2.75, 3.05) is 12.3 Å². The van der Waals surface area contributed by atoms with Gasteiger partial charge in [0.15, 0.2) is 0 Å². The SMILES string of the molecule is CCCCCSc1ccc(Cl)cc1CNCC(C)C. The van der Waals surface area contributed by atoms with Crippen LogP contribution in [0.5, 0.6) is 0 Å². The number of unbranched alkanes of at least 4 members (excludes halogenated alkanes) is 2. The Bertz CT molecular complexity index is 366. The van der Waals surface area contributed by atoms with Gasteiger partial charge in [-0.1, -0.05) is 45.2 Å². The van der Waals surface area contributed by atoms with Gasteiger partial charge in [-0.15, -0.1) is 11.8 Å². The number of hydrogen-bond donors (Lipinski definition) is 1. The lowest BCUT2D eigenvalue weighted by Gasteiger charge is -2.12. The zero-order chi connectivity index (χ0) is 14.1. The number of hydrogen-bond acceptors (Lipinski definition) is 2. The monoisotopic (exact) mass is 299 g/mol. The van der Waals surface area contributed by atoms with E-state index >= 15 is 0 Å². The van der Waals surface area contributed by atoms with E-state index in [2.05, 4.69) is 38.2 Å². The fourth-order valence-corrected chi connectivity index (χ4v) is 3.10. The van der Waals surface area contributed by atoms with Gasteiger partial charge in [0, 0.05) is 16.5 Å². The van der Waals surface area contributed by atoms with E-state index < -0.39 is 0 Å².